The van der Waals surface area contributed by atoms with Gasteiger partial charge in [0.05, 0.1) is 0 Å². The van der Waals surface area contributed by atoms with E-state index in [4.69, 9.17) is 11.6 Å². The second-order valence-electron chi connectivity index (χ2n) is 5.86. The lowest BCUT2D eigenvalue weighted by Gasteiger charge is -2.45. The van der Waals surface area contributed by atoms with Gasteiger partial charge in [-0.15, -0.1) is 0 Å². The Labute approximate surface area is 123 Å². The maximum Gasteiger partial charge on any atom is 0.255 e. The van der Waals surface area contributed by atoms with Gasteiger partial charge in [0.1, 0.15) is 17.3 Å². The fourth-order valence-electron chi connectivity index (χ4n) is 3.88. The smallest absolute Gasteiger partial charge is 0.255 e. The highest BCUT2D eigenvalue weighted by atomic mass is 35.5. The standard InChI is InChI=1S/C14H18ClN5/c15-12-8-13(20-14(18-12)16-9-17-20)19-7-3-5-10-4-1-2-6-11(10)19/h8-11H,1-7H2/t10-,11-/m1/s1. The molecule has 2 aliphatic rings. The van der Waals surface area contributed by atoms with Crippen molar-refractivity contribution in [1.29, 1.82) is 0 Å². The second-order valence-corrected chi connectivity index (χ2v) is 6.24. The van der Waals surface area contributed by atoms with Gasteiger partial charge in [-0.1, -0.05) is 24.4 Å². The molecule has 1 saturated carbocycles. The Bertz CT molecular complexity index is 623. The minimum atomic E-state index is 0.499. The molecule has 0 unspecified atom stereocenters. The van der Waals surface area contributed by atoms with Crippen LogP contribution in [0.4, 0.5) is 5.82 Å². The van der Waals surface area contributed by atoms with Crippen molar-refractivity contribution in [2.45, 2.75) is 44.6 Å². The molecule has 4 rings (SSSR count). The van der Waals surface area contributed by atoms with Gasteiger partial charge in [-0.3, -0.25) is 0 Å². The normalized spacial score (nSPS) is 26.8. The van der Waals surface area contributed by atoms with Gasteiger partial charge >= 0.3 is 0 Å². The van der Waals surface area contributed by atoms with E-state index in [1.807, 2.05) is 10.6 Å². The van der Waals surface area contributed by atoms with Crippen molar-refractivity contribution in [3.05, 3.63) is 17.5 Å². The summed E-state index contributed by atoms with van der Waals surface area (Å²) in [5, 5.41) is 4.81. The van der Waals surface area contributed by atoms with Crippen LogP contribution in [0.25, 0.3) is 5.78 Å². The largest absolute Gasteiger partial charge is 0.353 e. The topological polar surface area (TPSA) is 46.3 Å². The van der Waals surface area contributed by atoms with Crippen molar-refractivity contribution in [2.75, 3.05) is 11.4 Å². The number of hydrogen-bond donors (Lipinski definition) is 0. The second kappa shape index (κ2) is 4.88. The molecule has 1 aliphatic carbocycles. The average Bonchev–Trinajstić information content (AvgIpc) is 2.94. The fourth-order valence-corrected chi connectivity index (χ4v) is 4.06. The third kappa shape index (κ3) is 1.95. The monoisotopic (exact) mass is 291 g/mol. The summed E-state index contributed by atoms with van der Waals surface area (Å²) in [7, 11) is 0. The highest BCUT2D eigenvalue weighted by molar-refractivity contribution is 6.29. The molecule has 2 aromatic heterocycles. The third-order valence-corrected chi connectivity index (χ3v) is 4.93. The molecule has 0 radical (unpaired) electrons. The molecule has 106 valence electrons. The molecule has 2 atom stereocenters. The summed E-state index contributed by atoms with van der Waals surface area (Å²) in [6.45, 7) is 1.08. The quantitative estimate of drug-likeness (QED) is 0.758. The SMILES string of the molecule is Clc1cc(N2CCC[C@H]3CCCC[C@H]32)n2ncnc2n1. The first kappa shape index (κ1) is 12.4. The van der Waals surface area contributed by atoms with E-state index in [1.54, 1.807) is 6.33 Å². The predicted molar refractivity (Wildman–Crippen MR) is 78.1 cm³/mol. The van der Waals surface area contributed by atoms with Crippen LogP contribution in [-0.2, 0) is 0 Å². The van der Waals surface area contributed by atoms with Gasteiger partial charge in [-0.05, 0) is 31.6 Å². The minimum Gasteiger partial charge on any atom is -0.353 e. The summed E-state index contributed by atoms with van der Waals surface area (Å²) in [5.41, 5.74) is 0. The molecule has 1 saturated heterocycles. The Morgan fingerprint density at radius 1 is 1.15 bits per heavy atom. The first-order chi connectivity index (χ1) is 9.83. The summed E-state index contributed by atoms with van der Waals surface area (Å²) in [6.07, 6.45) is 9.51. The summed E-state index contributed by atoms with van der Waals surface area (Å²) in [4.78, 5) is 10.9. The van der Waals surface area contributed by atoms with E-state index in [0.29, 0.717) is 17.0 Å². The Morgan fingerprint density at radius 3 is 2.95 bits per heavy atom. The Balaban J connectivity index is 1.79. The zero-order chi connectivity index (χ0) is 13.5. The number of piperidine rings is 1. The average molecular weight is 292 g/mol. The maximum atomic E-state index is 6.16. The van der Waals surface area contributed by atoms with E-state index in [9.17, 15) is 0 Å². The molecule has 2 aromatic rings. The van der Waals surface area contributed by atoms with Crippen molar-refractivity contribution in [1.82, 2.24) is 19.6 Å². The summed E-state index contributed by atoms with van der Waals surface area (Å²) >= 11 is 6.16. The predicted octanol–water partition coefficient (Wildman–Crippen LogP) is 2.94. The van der Waals surface area contributed by atoms with Gasteiger partial charge in [0.2, 0.25) is 0 Å². The maximum absolute atomic E-state index is 6.16. The molecule has 6 heteroatoms. The van der Waals surface area contributed by atoms with Gasteiger partial charge < -0.3 is 4.90 Å². The molecule has 3 heterocycles. The number of rotatable bonds is 1. The molecule has 0 amide bonds. The molecule has 2 fully saturated rings. The van der Waals surface area contributed by atoms with E-state index in [2.05, 4.69) is 20.0 Å². The lowest BCUT2D eigenvalue weighted by atomic mass is 9.78. The van der Waals surface area contributed by atoms with Gasteiger partial charge in [0.25, 0.3) is 5.78 Å². The van der Waals surface area contributed by atoms with E-state index in [-0.39, 0.29) is 0 Å². The van der Waals surface area contributed by atoms with Crippen LogP contribution in [0.2, 0.25) is 5.15 Å². The number of nitrogens with zero attached hydrogens (tertiary/aromatic N) is 5. The molecule has 0 spiro atoms. The molecule has 0 bridgehead atoms. The first-order valence-corrected chi connectivity index (χ1v) is 7.83. The van der Waals surface area contributed by atoms with Gasteiger partial charge in [0, 0.05) is 18.7 Å². The van der Waals surface area contributed by atoms with Crippen LogP contribution < -0.4 is 4.90 Å². The minimum absolute atomic E-state index is 0.499. The van der Waals surface area contributed by atoms with Crippen molar-refractivity contribution in [3.8, 4) is 0 Å². The van der Waals surface area contributed by atoms with Crippen LogP contribution in [0, 0.1) is 5.92 Å². The summed E-state index contributed by atoms with van der Waals surface area (Å²) < 4.78 is 1.82. The Hall–Kier alpha value is -1.36. The number of anilines is 1. The summed E-state index contributed by atoms with van der Waals surface area (Å²) in [5.74, 6) is 2.46. The van der Waals surface area contributed by atoms with E-state index in [1.165, 1.54) is 38.5 Å². The van der Waals surface area contributed by atoms with E-state index >= 15 is 0 Å². The van der Waals surface area contributed by atoms with E-state index in [0.717, 1.165) is 18.3 Å². The number of halogens is 1. The van der Waals surface area contributed by atoms with Crippen LogP contribution in [0.5, 0.6) is 0 Å². The van der Waals surface area contributed by atoms with Crippen LogP contribution in [0.1, 0.15) is 38.5 Å². The first-order valence-electron chi connectivity index (χ1n) is 7.46. The Morgan fingerprint density at radius 2 is 2.00 bits per heavy atom. The lowest BCUT2D eigenvalue weighted by molar-refractivity contribution is 0.242. The number of fused-ring (bicyclic) bond motifs is 2. The van der Waals surface area contributed by atoms with E-state index < -0.39 is 0 Å². The Kier molecular flexibility index (Phi) is 3.02. The van der Waals surface area contributed by atoms with Gasteiger partial charge in [-0.25, -0.2) is 0 Å². The lowest BCUT2D eigenvalue weighted by Crippen LogP contribution is -2.47. The zero-order valence-corrected chi connectivity index (χ0v) is 12.1. The molecule has 0 N–H and O–H groups in total. The van der Waals surface area contributed by atoms with Crippen LogP contribution in [0.15, 0.2) is 12.4 Å². The molecular formula is C14H18ClN5. The van der Waals surface area contributed by atoms with Crippen molar-refractivity contribution in [2.24, 2.45) is 5.92 Å². The highest BCUT2D eigenvalue weighted by Gasteiger charge is 2.34. The molecule has 0 aromatic carbocycles. The number of aromatic nitrogens is 4. The van der Waals surface area contributed by atoms with Gasteiger partial charge in [0.15, 0.2) is 0 Å². The van der Waals surface area contributed by atoms with Crippen LogP contribution in [0.3, 0.4) is 0 Å². The van der Waals surface area contributed by atoms with Gasteiger partial charge in [-0.2, -0.15) is 19.6 Å². The van der Waals surface area contributed by atoms with Crippen molar-refractivity contribution in [3.63, 3.8) is 0 Å². The highest BCUT2D eigenvalue weighted by Crippen LogP contribution is 2.37. The summed E-state index contributed by atoms with van der Waals surface area (Å²) in [6, 6.07) is 2.56. The zero-order valence-electron chi connectivity index (χ0n) is 11.4. The molecular weight excluding hydrogens is 274 g/mol. The molecule has 20 heavy (non-hydrogen) atoms. The van der Waals surface area contributed by atoms with Crippen LogP contribution in [-0.4, -0.2) is 32.2 Å². The molecule has 1 aliphatic heterocycles. The fraction of sp³-hybridized carbons (Fsp3) is 0.643. The van der Waals surface area contributed by atoms with Crippen molar-refractivity contribution < 1.29 is 0 Å². The van der Waals surface area contributed by atoms with Crippen LogP contribution >= 0.6 is 11.6 Å². The number of hydrogen-bond acceptors (Lipinski definition) is 4. The third-order valence-electron chi connectivity index (χ3n) is 4.74. The van der Waals surface area contributed by atoms with Crippen molar-refractivity contribution >= 4 is 23.2 Å². The molecule has 5 nitrogen and oxygen atoms in total.